The predicted molar refractivity (Wildman–Crippen MR) is 57.9 cm³/mol. The van der Waals surface area contributed by atoms with Crippen LogP contribution < -0.4 is 0 Å². The van der Waals surface area contributed by atoms with Crippen LogP contribution in [-0.2, 0) is 4.74 Å². The van der Waals surface area contributed by atoms with E-state index in [-0.39, 0.29) is 0 Å². The van der Waals surface area contributed by atoms with E-state index in [1.807, 2.05) is 0 Å². The first-order chi connectivity index (χ1) is 7.17. The SMILES string of the molecule is ClC1(Cl)C[C@@H]2C[C@@H]1[C@H]1[C@@H]3C[C@H]([C@H]4O[C@H]34)[C@H]21. The Bertz CT molecular complexity index is 354. The molecule has 1 nitrogen and oxygen atoms in total. The topological polar surface area (TPSA) is 12.5 Å². The number of alkyl halides is 2. The monoisotopic (exact) mass is 244 g/mol. The summed E-state index contributed by atoms with van der Waals surface area (Å²) in [6.45, 7) is 0. The summed E-state index contributed by atoms with van der Waals surface area (Å²) in [5.74, 6) is 4.83. The summed E-state index contributed by atoms with van der Waals surface area (Å²) in [4.78, 5) is 0. The molecule has 82 valence electrons. The molecule has 15 heavy (non-hydrogen) atoms. The zero-order valence-corrected chi connectivity index (χ0v) is 9.92. The number of fused-ring (bicyclic) bond motifs is 12. The molecule has 4 aliphatic carbocycles. The van der Waals surface area contributed by atoms with Gasteiger partial charge in [-0.1, -0.05) is 0 Å². The van der Waals surface area contributed by atoms with Crippen LogP contribution in [0.3, 0.4) is 0 Å². The maximum Gasteiger partial charge on any atom is 0.121 e. The average Bonchev–Trinajstić information content (AvgIpc) is 2.54. The van der Waals surface area contributed by atoms with Crippen molar-refractivity contribution in [1.29, 1.82) is 0 Å². The van der Waals surface area contributed by atoms with Crippen molar-refractivity contribution in [2.45, 2.75) is 35.8 Å². The van der Waals surface area contributed by atoms with E-state index in [2.05, 4.69) is 0 Å². The molecular weight excluding hydrogens is 231 g/mol. The van der Waals surface area contributed by atoms with Crippen LogP contribution in [0.25, 0.3) is 0 Å². The van der Waals surface area contributed by atoms with E-state index in [4.69, 9.17) is 27.9 Å². The third-order valence-electron chi connectivity index (χ3n) is 6.03. The molecule has 0 aromatic carbocycles. The molecule has 0 aromatic heterocycles. The summed E-state index contributed by atoms with van der Waals surface area (Å²) in [6, 6.07) is 0. The summed E-state index contributed by atoms with van der Waals surface area (Å²) in [6.07, 6.45) is 5.02. The summed E-state index contributed by atoms with van der Waals surface area (Å²) in [5, 5.41) is 0. The molecule has 1 heterocycles. The molecule has 4 saturated carbocycles. The molecule has 5 rings (SSSR count). The van der Waals surface area contributed by atoms with Crippen LogP contribution in [0.4, 0.5) is 0 Å². The van der Waals surface area contributed by atoms with Gasteiger partial charge in [-0.3, -0.25) is 0 Å². The Balaban J connectivity index is 1.61. The molecular formula is C12H14Cl2O. The smallest absolute Gasteiger partial charge is 0.121 e. The lowest BCUT2D eigenvalue weighted by Crippen LogP contribution is -2.40. The first-order valence-corrected chi connectivity index (χ1v) is 6.96. The van der Waals surface area contributed by atoms with Gasteiger partial charge < -0.3 is 4.74 Å². The van der Waals surface area contributed by atoms with Gasteiger partial charge in [-0.05, 0) is 54.8 Å². The molecule has 1 aliphatic heterocycles. The lowest BCUT2D eigenvalue weighted by molar-refractivity contribution is 0.158. The normalized spacial score (nSPS) is 70.8. The number of halogens is 2. The first kappa shape index (κ1) is 8.60. The summed E-state index contributed by atoms with van der Waals surface area (Å²) in [7, 11) is 0. The standard InChI is InChI=1S/C12H14Cl2O/c13-12(14)3-4-1-7(12)9-6-2-5(8(4)9)10-11(6)15-10/h4-11H,1-3H2/t4-,5-,6-,7+,8-,9+,10+,11+/m0/s1. The van der Waals surface area contributed by atoms with Gasteiger partial charge in [-0.25, -0.2) is 0 Å². The minimum absolute atomic E-state index is 0.402. The van der Waals surface area contributed by atoms with Crippen molar-refractivity contribution in [2.75, 3.05) is 0 Å². The fourth-order valence-corrected chi connectivity index (χ4v) is 6.64. The Labute approximate surface area is 99.4 Å². The van der Waals surface area contributed by atoms with Crippen LogP contribution in [0.2, 0.25) is 0 Å². The highest BCUT2D eigenvalue weighted by atomic mass is 35.5. The molecule has 1 saturated heterocycles. The maximum absolute atomic E-state index is 6.45. The van der Waals surface area contributed by atoms with Crippen molar-refractivity contribution >= 4 is 23.2 Å². The number of hydrogen-bond donors (Lipinski definition) is 0. The third kappa shape index (κ3) is 0.798. The highest BCUT2D eigenvalue weighted by Crippen LogP contribution is 2.75. The lowest BCUT2D eigenvalue weighted by Gasteiger charge is -2.38. The van der Waals surface area contributed by atoms with E-state index in [1.54, 1.807) is 0 Å². The van der Waals surface area contributed by atoms with Gasteiger partial charge >= 0.3 is 0 Å². The predicted octanol–water partition coefficient (Wildman–Crippen LogP) is 2.85. The minimum Gasteiger partial charge on any atom is -0.369 e. The van der Waals surface area contributed by atoms with E-state index in [0.717, 1.165) is 36.0 Å². The highest BCUT2D eigenvalue weighted by Gasteiger charge is 2.75. The molecule has 0 amide bonds. The quantitative estimate of drug-likeness (QED) is 0.363. The Morgan fingerprint density at radius 1 is 1.00 bits per heavy atom. The molecule has 5 aliphatic rings. The molecule has 0 radical (unpaired) electrons. The van der Waals surface area contributed by atoms with Crippen molar-refractivity contribution in [3.8, 4) is 0 Å². The Hall–Kier alpha value is 0.540. The van der Waals surface area contributed by atoms with E-state index in [0.29, 0.717) is 18.1 Å². The summed E-state index contributed by atoms with van der Waals surface area (Å²) < 4.78 is 5.38. The second-order valence-corrected chi connectivity index (χ2v) is 7.89. The van der Waals surface area contributed by atoms with Crippen LogP contribution in [0.5, 0.6) is 0 Å². The average molecular weight is 245 g/mol. The van der Waals surface area contributed by atoms with Crippen LogP contribution >= 0.6 is 23.2 Å². The Kier molecular flexibility index (Phi) is 1.28. The fraction of sp³-hybridized carbons (Fsp3) is 1.00. The van der Waals surface area contributed by atoms with Crippen LogP contribution in [0.1, 0.15) is 19.3 Å². The second-order valence-electron chi connectivity index (χ2n) is 6.35. The fourth-order valence-electron chi connectivity index (χ4n) is 5.78. The third-order valence-corrected chi connectivity index (χ3v) is 6.89. The zero-order valence-electron chi connectivity index (χ0n) is 8.40. The molecule has 5 fully saturated rings. The van der Waals surface area contributed by atoms with E-state index >= 15 is 0 Å². The van der Waals surface area contributed by atoms with Gasteiger partial charge in [-0.15, -0.1) is 23.2 Å². The number of ether oxygens (including phenoxy) is 1. The van der Waals surface area contributed by atoms with Crippen molar-refractivity contribution in [3.05, 3.63) is 0 Å². The first-order valence-electron chi connectivity index (χ1n) is 6.20. The van der Waals surface area contributed by atoms with Crippen LogP contribution in [0.15, 0.2) is 0 Å². The minimum atomic E-state index is -0.402. The second kappa shape index (κ2) is 2.23. The van der Waals surface area contributed by atoms with Gasteiger partial charge in [0.25, 0.3) is 0 Å². The lowest BCUT2D eigenvalue weighted by atomic mass is 9.71. The molecule has 0 spiro atoms. The van der Waals surface area contributed by atoms with Crippen molar-refractivity contribution in [2.24, 2.45) is 35.5 Å². The number of rotatable bonds is 0. The Morgan fingerprint density at radius 2 is 1.73 bits per heavy atom. The molecule has 3 heteroatoms. The van der Waals surface area contributed by atoms with E-state index < -0.39 is 4.33 Å². The van der Waals surface area contributed by atoms with Gasteiger partial charge in [-0.2, -0.15) is 0 Å². The number of epoxide rings is 1. The molecule has 4 bridgehead atoms. The zero-order chi connectivity index (χ0) is 9.95. The number of hydrogen-bond acceptors (Lipinski definition) is 1. The van der Waals surface area contributed by atoms with Gasteiger partial charge in [0.1, 0.15) is 4.33 Å². The van der Waals surface area contributed by atoms with Crippen LogP contribution in [0, 0.1) is 35.5 Å². The van der Waals surface area contributed by atoms with Crippen molar-refractivity contribution in [3.63, 3.8) is 0 Å². The van der Waals surface area contributed by atoms with Gasteiger partial charge in [0.05, 0.1) is 12.2 Å². The van der Waals surface area contributed by atoms with E-state index in [1.165, 1.54) is 12.8 Å². The molecule has 0 aromatic rings. The van der Waals surface area contributed by atoms with Crippen LogP contribution in [-0.4, -0.2) is 16.5 Å². The van der Waals surface area contributed by atoms with Crippen molar-refractivity contribution < 1.29 is 4.74 Å². The Morgan fingerprint density at radius 3 is 2.53 bits per heavy atom. The molecule has 8 atom stereocenters. The molecule has 0 unspecified atom stereocenters. The van der Waals surface area contributed by atoms with Gasteiger partial charge in [0.15, 0.2) is 0 Å². The van der Waals surface area contributed by atoms with Crippen molar-refractivity contribution in [1.82, 2.24) is 0 Å². The summed E-state index contributed by atoms with van der Waals surface area (Å²) >= 11 is 12.9. The maximum atomic E-state index is 6.45. The van der Waals surface area contributed by atoms with E-state index in [9.17, 15) is 0 Å². The summed E-state index contributed by atoms with van der Waals surface area (Å²) in [5.41, 5.74) is 0. The largest absolute Gasteiger partial charge is 0.369 e. The van der Waals surface area contributed by atoms with Gasteiger partial charge in [0, 0.05) is 0 Å². The highest BCUT2D eigenvalue weighted by molar-refractivity contribution is 6.48. The van der Waals surface area contributed by atoms with Gasteiger partial charge in [0.2, 0.25) is 0 Å². The molecule has 0 N–H and O–H groups in total.